The van der Waals surface area contributed by atoms with Crippen LogP contribution in [0.4, 0.5) is 17.1 Å². The molecule has 5 aromatic rings. The summed E-state index contributed by atoms with van der Waals surface area (Å²) < 4.78 is 0. The molecule has 1 nitrogen and oxygen atoms in total. The predicted molar refractivity (Wildman–Crippen MR) is 182 cm³/mol. The number of hydrogen-bond acceptors (Lipinski definition) is 1. The van der Waals surface area contributed by atoms with Crippen molar-refractivity contribution in [3.05, 3.63) is 168 Å². The Labute approximate surface area is 250 Å². The summed E-state index contributed by atoms with van der Waals surface area (Å²) in [7, 11) is 0. The van der Waals surface area contributed by atoms with E-state index in [-0.39, 0.29) is 5.41 Å². The van der Waals surface area contributed by atoms with E-state index in [2.05, 4.69) is 154 Å². The number of fused-ring (bicyclic) bond motifs is 3. The summed E-state index contributed by atoms with van der Waals surface area (Å²) >= 11 is 0. The summed E-state index contributed by atoms with van der Waals surface area (Å²) in [5.41, 5.74) is 14.8. The van der Waals surface area contributed by atoms with Crippen LogP contribution in [0.2, 0.25) is 0 Å². The van der Waals surface area contributed by atoms with Crippen LogP contribution < -0.4 is 4.90 Å². The van der Waals surface area contributed by atoms with Crippen LogP contribution in [0.15, 0.2) is 146 Å². The van der Waals surface area contributed by atoms with Crippen molar-refractivity contribution in [1.82, 2.24) is 0 Å². The molecule has 0 atom stereocenters. The average molecular weight is 544 g/mol. The van der Waals surface area contributed by atoms with Crippen molar-refractivity contribution in [3.63, 3.8) is 0 Å². The molecule has 206 valence electrons. The van der Waals surface area contributed by atoms with E-state index >= 15 is 0 Å². The lowest BCUT2D eigenvalue weighted by Gasteiger charge is -2.28. The van der Waals surface area contributed by atoms with Gasteiger partial charge in [0.1, 0.15) is 0 Å². The molecule has 0 saturated carbocycles. The van der Waals surface area contributed by atoms with Crippen LogP contribution in [0.3, 0.4) is 0 Å². The monoisotopic (exact) mass is 543 g/mol. The molecule has 0 bridgehead atoms. The van der Waals surface area contributed by atoms with E-state index in [9.17, 15) is 0 Å². The molecule has 1 heteroatoms. The van der Waals surface area contributed by atoms with Gasteiger partial charge < -0.3 is 4.90 Å². The highest BCUT2D eigenvalue weighted by atomic mass is 15.1. The maximum absolute atomic E-state index is 3.98. The molecule has 1 aliphatic carbocycles. The third-order valence-corrected chi connectivity index (χ3v) is 8.45. The second kappa shape index (κ2) is 11.2. The van der Waals surface area contributed by atoms with Crippen LogP contribution in [-0.2, 0) is 5.41 Å². The summed E-state index contributed by atoms with van der Waals surface area (Å²) in [6.07, 6.45) is 8.07. The lowest BCUT2D eigenvalue weighted by atomic mass is 9.82. The first-order valence-electron chi connectivity index (χ1n) is 14.7. The van der Waals surface area contributed by atoms with Gasteiger partial charge in [0.15, 0.2) is 0 Å². The average Bonchev–Trinajstić information content (AvgIpc) is 3.24. The Kier molecular flexibility index (Phi) is 7.27. The lowest BCUT2D eigenvalue weighted by molar-refractivity contribution is 0.660. The van der Waals surface area contributed by atoms with Crippen LogP contribution in [0.25, 0.3) is 27.8 Å². The fourth-order valence-corrected chi connectivity index (χ4v) is 6.19. The van der Waals surface area contributed by atoms with Crippen LogP contribution >= 0.6 is 0 Å². The molecule has 0 N–H and O–H groups in total. The van der Waals surface area contributed by atoms with E-state index < -0.39 is 0 Å². The van der Waals surface area contributed by atoms with Gasteiger partial charge in [0.2, 0.25) is 0 Å². The van der Waals surface area contributed by atoms with Crippen LogP contribution in [-0.4, -0.2) is 0 Å². The molecule has 0 radical (unpaired) electrons. The molecule has 0 fully saturated rings. The van der Waals surface area contributed by atoms with Crippen LogP contribution in [0.1, 0.15) is 43.0 Å². The van der Waals surface area contributed by atoms with Crippen molar-refractivity contribution in [2.24, 2.45) is 0 Å². The topological polar surface area (TPSA) is 3.24 Å². The lowest BCUT2D eigenvalue weighted by Crippen LogP contribution is -2.16. The number of hydrogen-bond donors (Lipinski definition) is 0. The maximum atomic E-state index is 3.98. The molecular formula is C41H37N. The molecule has 6 rings (SSSR count). The Bertz CT molecular complexity index is 1810. The first-order chi connectivity index (χ1) is 20.4. The zero-order valence-electron chi connectivity index (χ0n) is 24.9. The van der Waals surface area contributed by atoms with Crippen molar-refractivity contribution in [3.8, 4) is 22.3 Å². The Morgan fingerprint density at radius 2 is 1.31 bits per heavy atom. The SMILES string of the molecule is C=C/C(=C\C=C/C)c1ccc(-c2ccc(N(c3cccc(C)c3)c3ccc4c(c3)C(C)(C)c3ccccc3-4)cc2)cc1. The highest BCUT2D eigenvalue weighted by Gasteiger charge is 2.35. The smallest absolute Gasteiger partial charge is 0.0465 e. The van der Waals surface area contributed by atoms with Gasteiger partial charge >= 0.3 is 0 Å². The summed E-state index contributed by atoms with van der Waals surface area (Å²) in [6.45, 7) is 12.8. The Hall–Kier alpha value is -4.88. The number of nitrogens with zero attached hydrogens (tertiary/aromatic N) is 1. The number of aryl methyl sites for hydroxylation is 1. The van der Waals surface area contributed by atoms with E-state index in [1.54, 1.807) is 0 Å². The zero-order valence-corrected chi connectivity index (χ0v) is 24.9. The zero-order chi connectivity index (χ0) is 29.3. The van der Waals surface area contributed by atoms with E-state index in [1.807, 2.05) is 25.2 Å². The molecule has 42 heavy (non-hydrogen) atoms. The van der Waals surface area contributed by atoms with E-state index in [0.29, 0.717) is 0 Å². The molecular weight excluding hydrogens is 506 g/mol. The Morgan fingerprint density at radius 1 is 0.667 bits per heavy atom. The van der Waals surface area contributed by atoms with E-state index in [1.165, 1.54) is 44.6 Å². The fraction of sp³-hybridized carbons (Fsp3) is 0.122. The molecule has 5 aromatic carbocycles. The van der Waals surface area contributed by atoms with Crippen LogP contribution in [0, 0.1) is 6.92 Å². The van der Waals surface area contributed by atoms with Crippen molar-refractivity contribution < 1.29 is 0 Å². The summed E-state index contributed by atoms with van der Waals surface area (Å²) in [6, 6.07) is 42.2. The van der Waals surface area contributed by atoms with Gasteiger partial charge in [0, 0.05) is 22.5 Å². The van der Waals surface area contributed by atoms with Crippen molar-refractivity contribution in [2.75, 3.05) is 4.90 Å². The predicted octanol–water partition coefficient (Wildman–Crippen LogP) is 11.6. The van der Waals surface area contributed by atoms with Crippen molar-refractivity contribution in [2.45, 2.75) is 33.1 Å². The molecule has 0 aliphatic heterocycles. The van der Waals surface area contributed by atoms with Gasteiger partial charge in [-0.05, 0) is 100 Å². The number of rotatable bonds is 7. The van der Waals surface area contributed by atoms with Crippen molar-refractivity contribution in [1.29, 1.82) is 0 Å². The molecule has 1 aliphatic rings. The van der Waals surface area contributed by atoms with E-state index in [4.69, 9.17) is 0 Å². The minimum Gasteiger partial charge on any atom is -0.310 e. The fourth-order valence-electron chi connectivity index (χ4n) is 6.19. The highest BCUT2D eigenvalue weighted by Crippen LogP contribution is 2.50. The molecule has 0 spiro atoms. The largest absolute Gasteiger partial charge is 0.310 e. The maximum Gasteiger partial charge on any atom is 0.0465 e. The molecule has 0 aromatic heterocycles. The summed E-state index contributed by atoms with van der Waals surface area (Å²) in [5, 5.41) is 0. The molecule has 0 unspecified atom stereocenters. The Morgan fingerprint density at radius 3 is 2.00 bits per heavy atom. The number of benzene rings is 5. The molecule has 0 heterocycles. The summed E-state index contributed by atoms with van der Waals surface area (Å²) in [4.78, 5) is 2.38. The minimum absolute atomic E-state index is 0.0519. The molecule has 0 amide bonds. The van der Waals surface area contributed by atoms with Crippen molar-refractivity contribution >= 4 is 22.6 Å². The van der Waals surface area contributed by atoms with Gasteiger partial charge in [-0.1, -0.05) is 124 Å². The minimum atomic E-state index is -0.0519. The third-order valence-electron chi connectivity index (χ3n) is 8.45. The second-order valence-electron chi connectivity index (χ2n) is 11.6. The molecule has 0 saturated heterocycles. The highest BCUT2D eigenvalue weighted by molar-refractivity contribution is 5.86. The second-order valence-corrected chi connectivity index (χ2v) is 11.6. The van der Waals surface area contributed by atoms with E-state index in [0.717, 1.165) is 22.5 Å². The van der Waals surface area contributed by atoms with Gasteiger partial charge in [0.05, 0.1) is 0 Å². The Balaban J connectivity index is 1.38. The van der Waals surface area contributed by atoms with Gasteiger partial charge in [-0.2, -0.15) is 0 Å². The quantitative estimate of drug-likeness (QED) is 0.185. The standard InChI is InChI=1S/C41H37N/c1-6-8-13-30(7-2)31-17-19-32(20-18-31)33-21-23-34(24-22-33)42(35-14-11-12-29(3)27-35)36-25-26-38-37-15-9-10-16-39(37)41(4,5)40(38)28-36/h6-28H,2H2,1,3-5H3/b8-6-,30-13+. The third kappa shape index (κ3) is 4.92. The first-order valence-corrected chi connectivity index (χ1v) is 14.7. The van der Waals surface area contributed by atoms with Gasteiger partial charge in [-0.15, -0.1) is 0 Å². The van der Waals surface area contributed by atoms with Gasteiger partial charge in [0.25, 0.3) is 0 Å². The van der Waals surface area contributed by atoms with Crippen LogP contribution in [0.5, 0.6) is 0 Å². The number of allylic oxidation sites excluding steroid dienone is 5. The number of anilines is 3. The summed E-state index contributed by atoms with van der Waals surface area (Å²) in [5.74, 6) is 0. The first kappa shape index (κ1) is 27.3. The van der Waals surface area contributed by atoms with Gasteiger partial charge in [-0.25, -0.2) is 0 Å². The van der Waals surface area contributed by atoms with Gasteiger partial charge in [-0.3, -0.25) is 0 Å². The normalized spacial score (nSPS) is 13.6.